The topological polar surface area (TPSA) is 49.9 Å². The highest BCUT2D eigenvalue weighted by molar-refractivity contribution is 5.83. The molecule has 28 heavy (non-hydrogen) atoms. The molecule has 5 nitrogen and oxygen atoms in total. The van der Waals surface area contributed by atoms with E-state index in [0.717, 1.165) is 16.9 Å². The second-order valence-corrected chi connectivity index (χ2v) is 7.29. The predicted octanol–water partition coefficient (Wildman–Crippen LogP) is 3.31. The van der Waals surface area contributed by atoms with Crippen LogP contribution < -0.4 is 4.74 Å². The number of rotatable bonds is 6. The van der Waals surface area contributed by atoms with E-state index in [1.165, 1.54) is 0 Å². The standard InChI is InChI=1S/C23H28N2O3/c1-4-22(26)25-15-19(18-12-8-9-13-21(18)28-3)20(16-25)23(27)24(2)14-17-10-6-5-7-11-17/h5-13,19-20H,4,14-16H2,1-3H3/t19-,20-/m0/s1. The Morgan fingerprint density at radius 1 is 1.07 bits per heavy atom. The van der Waals surface area contributed by atoms with Crippen molar-refractivity contribution in [1.29, 1.82) is 0 Å². The SMILES string of the molecule is CCC(=O)N1C[C@H](C(=O)N(C)Cc2ccccc2)[C@H](c2ccccc2OC)C1. The molecule has 2 aromatic rings. The maximum Gasteiger partial charge on any atom is 0.228 e. The van der Waals surface area contributed by atoms with Crippen LogP contribution in [0.15, 0.2) is 54.6 Å². The summed E-state index contributed by atoms with van der Waals surface area (Å²) in [4.78, 5) is 29.3. The molecule has 0 N–H and O–H groups in total. The zero-order chi connectivity index (χ0) is 20.1. The van der Waals surface area contributed by atoms with Crippen molar-refractivity contribution in [3.8, 4) is 5.75 Å². The van der Waals surface area contributed by atoms with Gasteiger partial charge in [0.05, 0.1) is 13.0 Å². The number of likely N-dealkylation sites (tertiary alicyclic amines) is 1. The van der Waals surface area contributed by atoms with Crippen molar-refractivity contribution >= 4 is 11.8 Å². The van der Waals surface area contributed by atoms with E-state index in [-0.39, 0.29) is 23.7 Å². The highest BCUT2D eigenvalue weighted by Gasteiger charge is 2.42. The van der Waals surface area contributed by atoms with Crippen molar-refractivity contribution in [3.05, 3.63) is 65.7 Å². The Hall–Kier alpha value is -2.82. The Morgan fingerprint density at radius 3 is 2.43 bits per heavy atom. The van der Waals surface area contributed by atoms with Crippen LogP contribution in [0.5, 0.6) is 5.75 Å². The second-order valence-electron chi connectivity index (χ2n) is 7.29. The number of para-hydroxylation sites is 1. The van der Waals surface area contributed by atoms with Gasteiger partial charge in [0, 0.05) is 39.0 Å². The molecule has 1 saturated heterocycles. The lowest BCUT2D eigenvalue weighted by Crippen LogP contribution is -2.36. The molecule has 1 heterocycles. The first-order valence-electron chi connectivity index (χ1n) is 9.74. The highest BCUT2D eigenvalue weighted by atomic mass is 16.5. The Balaban J connectivity index is 1.86. The lowest BCUT2D eigenvalue weighted by Gasteiger charge is -2.25. The fourth-order valence-electron chi connectivity index (χ4n) is 3.99. The van der Waals surface area contributed by atoms with Crippen LogP contribution in [0, 0.1) is 5.92 Å². The third-order valence-corrected chi connectivity index (χ3v) is 5.47. The van der Waals surface area contributed by atoms with E-state index in [1.54, 1.807) is 12.0 Å². The zero-order valence-electron chi connectivity index (χ0n) is 16.8. The molecule has 5 heteroatoms. The van der Waals surface area contributed by atoms with Crippen molar-refractivity contribution in [3.63, 3.8) is 0 Å². The van der Waals surface area contributed by atoms with Crippen LogP contribution in [-0.4, -0.2) is 48.9 Å². The lowest BCUT2D eigenvalue weighted by molar-refractivity contribution is -0.135. The Labute approximate surface area is 166 Å². The maximum atomic E-state index is 13.3. The molecule has 2 amide bonds. The van der Waals surface area contributed by atoms with E-state index in [1.807, 2.05) is 73.5 Å². The van der Waals surface area contributed by atoms with Crippen molar-refractivity contribution in [2.75, 3.05) is 27.2 Å². The van der Waals surface area contributed by atoms with Gasteiger partial charge in [-0.3, -0.25) is 9.59 Å². The molecule has 0 aliphatic carbocycles. The smallest absolute Gasteiger partial charge is 0.228 e. The van der Waals surface area contributed by atoms with Gasteiger partial charge in [0.2, 0.25) is 11.8 Å². The fraction of sp³-hybridized carbons (Fsp3) is 0.391. The number of ether oxygens (including phenoxy) is 1. The summed E-state index contributed by atoms with van der Waals surface area (Å²) in [5, 5.41) is 0. The van der Waals surface area contributed by atoms with E-state index in [0.29, 0.717) is 26.1 Å². The largest absolute Gasteiger partial charge is 0.496 e. The molecule has 0 bridgehead atoms. The van der Waals surface area contributed by atoms with Crippen LogP contribution in [0.2, 0.25) is 0 Å². The molecular formula is C23H28N2O3. The summed E-state index contributed by atoms with van der Waals surface area (Å²) < 4.78 is 5.54. The molecule has 1 aliphatic rings. The first-order chi connectivity index (χ1) is 13.5. The van der Waals surface area contributed by atoms with Gasteiger partial charge in [-0.1, -0.05) is 55.5 Å². The minimum absolute atomic E-state index is 0.0613. The molecule has 0 spiro atoms. The van der Waals surface area contributed by atoms with Gasteiger partial charge in [-0.05, 0) is 17.2 Å². The molecule has 2 atom stereocenters. The van der Waals surface area contributed by atoms with Gasteiger partial charge in [0.15, 0.2) is 0 Å². The van der Waals surface area contributed by atoms with E-state index in [2.05, 4.69) is 0 Å². The third-order valence-electron chi connectivity index (χ3n) is 5.47. The van der Waals surface area contributed by atoms with Crippen LogP contribution in [0.3, 0.4) is 0 Å². The number of hydrogen-bond donors (Lipinski definition) is 0. The Bertz CT molecular complexity index is 822. The molecule has 0 radical (unpaired) electrons. The summed E-state index contributed by atoms with van der Waals surface area (Å²) >= 11 is 0. The number of carbonyl (C=O) groups is 2. The van der Waals surface area contributed by atoms with E-state index < -0.39 is 0 Å². The van der Waals surface area contributed by atoms with Gasteiger partial charge < -0.3 is 14.5 Å². The molecular weight excluding hydrogens is 352 g/mol. The number of methoxy groups -OCH3 is 1. The maximum absolute atomic E-state index is 13.3. The van der Waals surface area contributed by atoms with Crippen LogP contribution in [0.25, 0.3) is 0 Å². The summed E-state index contributed by atoms with van der Waals surface area (Å²) in [6.45, 7) is 3.41. The molecule has 1 aliphatic heterocycles. The molecule has 3 rings (SSSR count). The van der Waals surface area contributed by atoms with Gasteiger partial charge in [0.1, 0.15) is 5.75 Å². The van der Waals surface area contributed by atoms with Crippen molar-refractivity contribution < 1.29 is 14.3 Å². The van der Waals surface area contributed by atoms with Crippen molar-refractivity contribution in [2.24, 2.45) is 5.92 Å². The van der Waals surface area contributed by atoms with Gasteiger partial charge in [0.25, 0.3) is 0 Å². The van der Waals surface area contributed by atoms with Gasteiger partial charge >= 0.3 is 0 Å². The number of carbonyl (C=O) groups excluding carboxylic acids is 2. The normalized spacial score (nSPS) is 18.8. The van der Waals surface area contributed by atoms with Crippen LogP contribution in [0.4, 0.5) is 0 Å². The lowest BCUT2D eigenvalue weighted by atomic mass is 9.87. The summed E-state index contributed by atoms with van der Waals surface area (Å²) in [5.74, 6) is 0.562. The molecule has 148 valence electrons. The fourth-order valence-corrected chi connectivity index (χ4v) is 3.99. The third kappa shape index (κ3) is 4.19. The average molecular weight is 380 g/mol. The van der Waals surface area contributed by atoms with Crippen LogP contribution >= 0.6 is 0 Å². The zero-order valence-corrected chi connectivity index (χ0v) is 16.8. The molecule has 0 saturated carbocycles. The van der Waals surface area contributed by atoms with Crippen LogP contribution in [-0.2, 0) is 16.1 Å². The number of nitrogens with zero attached hydrogens (tertiary/aromatic N) is 2. The summed E-state index contributed by atoms with van der Waals surface area (Å²) in [6.07, 6.45) is 0.444. The Morgan fingerprint density at radius 2 is 1.75 bits per heavy atom. The minimum atomic E-state index is -0.277. The molecule has 0 unspecified atom stereocenters. The monoisotopic (exact) mass is 380 g/mol. The highest BCUT2D eigenvalue weighted by Crippen LogP contribution is 2.38. The van der Waals surface area contributed by atoms with Gasteiger partial charge in [-0.2, -0.15) is 0 Å². The number of hydrogen-bond acceptors (Lipinski definition) is 3. The first kappa shape index (κ1) is 19.9. The summed E-state index contributed by atoms with van der Waals surface area (Å²) in [6, 6.07) is 17.7. The van der Waals surface area contributed by atoms with Crippen molar-refractivity contribution in [1.82, 2.24) is 9.80 Å². The minimum Gasteiger partial charge on any atom is -0.496 e. The van der Waals surface area contributed by atoms with E-state index in [9.17, 15) is 9.59 Å². The Kier molecular flexibility index (Phi) is 6.34. The molecule has 2 aromatic carbocycles. The van der Waals surface area contributed by atoms with Gasteiger partial charge in [-0.25, -0.2) is 0 Å². The van der Waals surface area contributed by atoms with Crippen molar-refractivity contribution in [2.45, 2.75) is 25.8 Å². The average Bonchev–Trinajstić information content (AvgIpc) is 3.18. The second kappa shape index (κ2) is 8.91. The van der Waals surface area contributed by atoms with E-state index in [4.69, 9.17) is 4.74 Å². The van der Waals surface area contributed by atoms with Gasteiger partial charge in [-0.15, -0.1) is 0 Å². The molecule has 0 aromatic heterocycles. The number of benzene rings is 2. The summed E-state index contributed by atoms with van der Waals surface area (Å²) in [7, 11) is 3.47. The molecule has 1 fully saturated rings. The summed E-state index contributed by atoms with van der Waals surface area (Å²) in [5.41, 5.74) is 2.08. The number of amides is 2. The first-order valence-corrected chi connectivity index (χ1v) is 9.74. The van der Waals surface area contributed by atoms with E-state index >= 15 is 0 Å². The predicted molar refractivity (Wildman–Crippen MR) is 109 cm³/mol. The van der Waals surface area contributed by atoms with Crippen LogP contribution in [0.1, 0.15) is 30.4 Å². The quantitative estimate of drug-likeness (QED) is 0.773.